The van der Waals surface area contributed by atoms with Crippen LogP contribution in [0.4, 0.5) is 17.3 Å². The van der Waals surface area contributed by atoms with Crippen molar-refractivity contribution in [1.29, 1.82) is 0 Å². The normalized spacial score (nSPS) is 23.2. The Morgan fingerprint density at radius 2 is 2.33 bits per heavy atom. The van der Waals surface area contributed by atoms with E-state index in [1.165, 1.54) is 6.07 Å². The van der Waals surface area contributed by atoms with Crippen LogP contribution in [0.15, 0.2) is 12.1 Å². The zero-order valence-corrected chi connectivity index (χ0v) is 10.4. The summed E-state index contributed by atoms with van der Waals surface area (Å²) in [5.74, 6) is 0.881. The zero-order chi connectivity index (χ0) is 13.3. The van der Waals surface area contributed by atoms with E-state index in [-0.39, 0.29) is 5.69 Å². The number of nitrogens with zero attached hydrogens (tertiary/aromatic N) is 3. The number of aliphatic hydroxyl groups is 1. The highest BCUT2D eigenvalue weighted by Gasteiger charge is 2.35. The highest BCUT2D eigenvalue weighted by Crippen LogP contribution is 2.32. The molecule has 18 heavy (non-hydrogen) atoms. The maximum absolute atomic E-state index is 11.0. The third-order valence-corrected chi connectivity index (χ3v) is 3.06. The molecule has 0 aromatic carbocycles. The number of nitrogens with one attached hydrogen (secondary N) is 1. The van der Waals surface area contributed by atoms with E-state index in [1.807, 2.05) is 0 Å². The molecule has 1 saturated heterocycles. The molecule has 1 aliphatic rings. The Morgan fingerprint density at radius 3 is 2.83 bits per heavy atom. The zero-order valence-electron chi connectivity index (χ0n) is 10.4. The van der Waals surface area contributed by atoms with Gasteiger partial charge in [-0.1, -0.05) is 0 Å². The molecule has 1 aliphatic heterocycles. The minimum atomic E-state index is -0.814. The summed E-state index contributed by atoms with van der Waals surface area (Å²) in [7, 11) is 1.71. The van der Waals surface area contributed by atoms with Crippen molar-refractivity contribution in [3.8, 4) is 0 Å². The van der Waals surface area contributed by atoms with Gasteiger partial charge in [0.15, 0.2) is 0 Å². The summed E-state index contributed by atoms with van der Waals surface area (Å²) in [6, 6.07) is 3.00. The molecule has 1 unspecified atom stereocenters. The van der Waals surface area contributed by atoms with Gasteiger partial charge < -0.3 is 15.3 Å². The van der Waals surface area contributed by atoms with E-state index in [9.17, 15) is 15.2 Å². The molecule has 0 spiro atoms. The highest BCUT2D eigenvalue weighted by atomic mass is 16.6. The van der Waals surface area contributed by atoms with Crippen LogP contribution in [0, 0.1) is 10.1 Å². The van der Waals surface area contributed by atoms with Crippen LogP contribution in [0.2, 0.25) is 0 Å². The van der Waals surface area contributed by atoms with Crippen LogP contribution in [-0.2, 0) is 0 Å². The first-order chi connectivity index (χ1) is 8.43. The minimum absolute atomic E-state index is 0.0355. The molecule has 2 rings (SSSR count). The van der Waals surface area contributed by atoms with Gasteiger partial charge in [-0.25, -0.2) is 4.98 Å². The first kappa shape index (κ1) is 12.6. The smallest absolute Gasteiger partial charge is 0.311 e. The van der Waals surface area contributed by atoms with Crippen molar-refractivity contribution in [3.05, 3.63) is 22.2 Å². The van der Waals surface area contributed by atoms with Gasteiger partial charge in [-0.05, 0) is 19.4 Å². The van der Waals surface area contributed by atoms with Crippen molar-refractivity contribution in [3.63, 3.8) is 0 Å². The molecule has 0 bridgehead atoms. The van der Waals surface area contributed by atoms with Crippen molar-refractivity contribution in [1.82, 2.24) is 4.98 Å². The first-order valence-electron chi connectivity index (χ1n) is 5.73. The Bertz CT molecular complexity index is 475. The van der Waals surface area contributed by atoms with Crippen molar-refractivity contribution in [2.75, 3.05) is 30.4 Å². The maximum Gasteiger partial charge on any atom is 0.311 e. The summed E-state index contributed by atoms with van der Waals surface area (Å²) >= 11 is 0. The lowest BCUT2D eigenvalue weighted by Gasteiger charge is -2.20. The fourth-order valence-corrected chi connectivity index (χ4v) is 2.08. The van der Waals surface area contributed by atoms with Gasteiger partial charge in [-0.3, -0.25) is 10.1 Å². The van der Waals surface area contributed by atoms with Crippen molar-refractivity contribution >= 4 is 17.3 Å². The molecule has 1 aromatic rings. The lowest BCUT2D eigenvalue weighted by molar-refractivity contribution is -0.384. The monoisotopic (exact) mass is 252 g/mol. The van der Waals surface area contributed by atoms with Crippen LogP contribution >= 0.6 is 0 Å². The number of nitro groups is 1. The van der Waals surface area contributed by atoms with Gasteiger partial charge >= 0.3 is 5.69 Å². The molecule has 0 amide bonds. The summed E-state index contributed by atoms with van der Waals surface area (Å²) in [5.41, 5.74) is -0.850. The number of aromatic nitrogens is 1. The standard InChI is InChI=1S/C11H16N4O3/c1-11(16)5-6-14(7-11)10-8(15(17)18)3-4-9(12-2)13-10/h3-4,16H,5-7H2,1-2H3,(H,12,13). The molecule has 2 N–H and O–H groups in total. The molecular formula is C11H16N4O3. The molecule has 1 fully saturated rings. The van der Waals surface area contributed by atoms with Crippen molar-refractivity contribution in [2.45, 2.75) is 18.9 Å². The molecule has 1 atom stereocenters. The average molecular weight is 252 g/mol. The largest absolute Gasteiger partial charge is 0.388 e. The lowest BCUT2D eigenvalue weighted by Crippen LogP contribution is -2.30. The fourth-order valence-electron chi connectivity index (χ4n) is 2.08. The average Bonchev–Trinajstić information content (AvgIpc) is 2.68. The van der Waals surface area contributed by atoms with E-state index in [0.717, 1.165) is 0 Å². The van der Waals surface area contributed by atoms with Gasteiger partial charge in [0.25, 0.3) is 0 Å². The van der Waals surface area contributed by atoms with Crippen LogP contribution in [0.3, 0.4) is 0 Å². The third kappa shape index (κ3) is 2.35. The summed E-state index contributed by atoms with van der Waals surface area (Å²) in [6.45, 7) is 2.64. The number of β-amino-alcohol motifs (C(OH)–C–C–N with tert-alkyl or cyclic N) is 1. The SMILES string of the molecule is CNc1ccc([N+](=O)[O-])c(N2CCC(C)(O)C2)n1. The molecule has 98 valence electrons. The molecule has 0 aliphatic carbocycles. The van der Waals surface area contributed by atoms with Gasteiger partial charge in [0.2, 0.25) is 5.82 Å². The maximum atomic E-state index is 11.0. The highest BCUT2D eigenvalue weighted by molar-refractivity contribution is 5.62. The second-order valence-electron chi connectivity index (χ2n) is 4.71. The van der Waals surface area contributed by atoms with Crippen LogP contribution in [-0.4, -0.2) is 40.8 Å². The van der Waals surface area contributed by atoms with E-state index in [4.69, 9.17) is 0 Å². The van der Waals surface area contributed by atoms with Gasteiger partial charge in [0.05, 0.1) is 10.5 Å². The Kier molecular flexibility index (Phi) is 3.08. The number of rotatable bonds is 3. The number of hydrogen-bond donors (Lipinski definition) is 2. The second kappa shape index (κ2) is 4.41. The van der Waals surface area contributed by atoms with Crippen molar-refractivity contribution in [2.24, 2.45) is 0 Å². The van der Waals surface area contributed by atoms with Gasteiger partial charge in [-0.2, -0.15) is 0 Å². The van der Waals surface area contributed by atoms with E-state index in [0.29, 0.717) is 31.1 Å². The lowest BCUT2D eigenvalue weighted by atomic mass is 10.1. The Hall–Kier alpha value is -1.89. The minimum Gasteiger partial charge on any atom is -0.388 e. The molecule has 2 heterocycles. The molecule has 0 radical (unpaired) electrons. The molecule has 7 nitrogen and oxygen atoms in total. The van der Waals surface area contributed by atoms with E-state index in [1.54, 1.807) is 24.9 Å². The van der Waals surface area contributed by atoms with Gasteiger partial charge in [-0.15, -0.1) is 0 Å². The molecule has 0 saturated carbocycles. The van der Waals surface area contributed by atoms with E-state index in [2.05, 4.69) is 10.3 Å². The quantitative estimate of drug-likeness (QED) is 0.615. The molecular weight excluding hydrogens is 236 g/mol. The van der Waals surface area contributed by atoms with Crippen molar-refractivity contribution < 1.29 is 10.0 Å². The Balaban J connectivity index is 2.38. The number of pyridine rings is 1. The summed E-state index contributed by atoms with van der Waals surface area (Å²) in [6.07, 6.45) is 0.579. The predicted molar refractivity (Wildman–Crippen MR) is 67.9 cm³/mol. The summed E-state index contributed by atoms with van der Waals surface area (Å²) in [5, 5.41) is 23.8. The van der Waals surface area contributed by atoms with Crippen LogP contribution in [0.1, 0.15) is 13.3 Å². The Morgan fingerprint density at radius 1 is 1.61 bits per heavy atom. The number of hydrogen-bond acceptors (Lipinski definition) is 6. The summed E-state index contributed by atoms with van der Waals surface area (Å²) in [4.78, 5) is 16.5. The molecule has 7 heteroatoms. The fraction of sp³-hybridized carbons (Fsp3) is 0.545. The van der Waals surface area contributed by atoms with Gasteiger partial charge in [0, 0.05) is 26.2 Å². The van der Waals surface area contributed by atoms with Gasteiger partial charge in [0.1, 0.15) is 5.82 Å². The van der Waals surface area contributed by atoms with E-state index >= 15 is 0 Å². The second-order valence-corrected chi connectivity index (χ2v) is 4.71. The number of anilines is 2. The van der Waals surface area contributed by atoms with E-state index < -0.39 is 10.5 Å². The topological polar surface area (TPSA) is 91.5 Å². The Labute approximate surface area is 105 Å². The summed E-state index contributed by atoms with van der Waals surface area (Å²) < 4.78 is 0. The predicted octanol–water partition coefficient (Wildman–Crippen LogP) is 0.993. The third-order valence-electron chi connectivity index (χ3n) is 3.06. The molecule has 1 aromatic heterocycles. The van der Waals surface area contributed by atoms with Crippen LogP contribution in [0.25, 0.3) is 0 Å². The van der Waals surface area contributed by atoms with Crippen LogP contribution < -0.4 is 10.2 Å². The first-order valence-corrected chi connectivity index (χ1v) is 5.73. The van der Waals surface area contributed by atoms with Crippen LogP contribution in [0.5, 0.6) is 0 Å².